The molecule has 2 aliphatic heterocycles. The first-order valence-electron chi connectivity index (χ1n) is 11.2. The SMILES string of the molecule is O=C1CNc2ccccc2C(=O)N1CCCCCN1CCC(c2ccccc2)CC1. The Kier molecular flexibility index (Phi) is 6.80. The summed E-state index contributed by atoms with van der Waals surface area (Å²) < 4.78 is 0. The minimum Gasteiger partial charge on any atom is -0.375 e. The molecule has 0 bridgehead atoms. The molecule has 0 aromatic heterocycles. The molecule has 2 aromatic carbocycles. The molecule has 158 valence electrons. The Morgan fingerprint density at radius 2 is 1.53 bits per heavy atom. The summed E-state index contributed by atoms with van der Waals surface area (Å²) in [6.07, 6.45) is 5.46. The van der Waals surface area contributed by atoms with Crippen LogP contribution in [-0.2, 0) is 4.79 Å². The Labute approximate surface area is 179 Å². The second-order valence-corrected chi connectivity index (χ2v) is 8.34. The van der Waals surface area contributed by atoms with Gasteiger partial charge in [-0.1, -0.05) is 48.9 Å². The summed E-state index contributed by atoms with van der Waals surface area (Å²) >= 11 is 0. The van der Waals surface area contributed by atoms with Crippen LogP contribution in [0.15, 0.2) is 54.6 Å². The van der Waals surface area contributed by atoms with Crippen LogP contribution in [0.1, 0.15) is 53.9 Å². The lowest BCUT2D eigenvalue weighted by Crippen LogP contribution is -2.38. The van der Waals surface area contributed by atoms with E-state index >= 15 is 0 Å². The average molecular weight is 406 g/mol. The molecule has 0 atom stereocenters. The molecule has 0 aliphatic carbocycles. The monoisotopic (exact) mass is 405 g/mol. The first-order valence-corrected chi connectivity index (χ1v) is 11.2. The van der Waals surface area contributed by atoms with Crippen molar-refractivity contribution in [3.8, 4) is 0 Å². The van der Waals surface area contributed by atoms with Gasteiger partial charge in [0.05, 0.1) is 12.1 Å². The highest BCUT2D eigenvalue weighted by Gasteiger charge is 2.27. The van der Waals surface area contributed by atoms with Crippen LogP contribution in [0.2, 0.25) is 0 Å². The van der Waals surface area contributed by atoms with Gasteiger partial charge in [-0.25, -0.2) is 0 Å². The largest absolute Gasteiger partial charge is 0.375 e. The summed E-state index contributed by atoms with van der Waals surface area (Å²) in [5.74, 6) is 0.377. The van der Waals surface area contributed by atoms with E-state index in [4.69, 9.17) is 0 Å². The number of unbranched alkanes of at least 4 members (excludes halogenated alkanes) is 2. The molecule has 1 fully saturated rings. The van der Waals surface area contributed by atoms with E-state index in [0.29, 0.717) is 18.0 Å². The number of likely N-dealkylation sites (tertiary alicyclic amines) is 1. The second-order valence-electron chi connectivity index (χ2n) is 8.34. The number of carbonyl (C=O) groups is 2. The van der Waals surface area contributed by atoms with E-state index in [-0.39, 0.29) is 18.4 Å². The molecular weight excluding hydrogens is 374 g/mol. The van der Waals surface area contributed by atoms with Crippen LogP contribution in [-0.4, -0.2) is 54.3 Å². The second kappa shape index (κ2) is 9.90. The molecule has 0 unspecified atom stereocenters. The predicted octanol–water partition coefficient (Wildman–Crippen LogP) is 4.13. The summed E-state index contributed by atoms with van der Waals surface area (Å²) in [5, 5.41) is 3.08. The quantitative estimate of drug-likeness (QED) is 0.556. The first kappa shape index (κ1) is 20.6. The molecule has 2 aromatic rings. The molecule has 4 rings (SSSR count). The van der Waals surface area contributed by atoms with Gasteiger partial charge in [0.25, 0.3) is 5.91 Å². The highest BCUT2D eigenvalue weighted by atomic mass is 16.2. The Morgan fingerprint density at radius 1 is 0.833 bits per heavy atom. The molecule has 2 aliphatic rings. The van der Waals surface area contributed by atoms with Crippen molar-refractivity contribution >= 4 is 17.5 Å². The minimum atomic E-state index is -0.177. The average Bonchev–Trinajstić information content (AvgIpc) is 2.91. The zero-order valence-electron chi connectivity index (χ0n) is 17.6. The van der Waals surface area contributed by atoms with Gasteiger partial charge in [0, 0.05) is 12.2 Å². The maximum absolute atomic E-state index is 12.8. The summed E-state index contributed by atoms with van der Waals surface area (Å²) in [7, 11) is 0. The number of anilines is 1. The van der Waals surface area contributed by atoms with E-state index in [9.17, 15) is 9.59 Å². The predicted molar refractivity (Wildman–Crippen MR) is 120 cm³/mol. The van der Waals surface area contributed by atoms with E-state index in [0.717, 1.165) is 44.6 Å². The van der Waals surface area contributed by atoms with E-state index in [1.54, 1.807) is 6.07 Å². The summed E-state index contributed by atoms with van der Waals surface area (Å²) in [6.45, 7) is 4.10. The number of hydrogen-bond donors (Lipinski definition) is 1. The van der Waals surface area contributed by atoms with Crippen LogP contribution in [0.25, 0.3) is 0 Å². The van der Waals surface area contributed by atoms with Crippen molar-refractivity contribution < 1.29 is 9.59 Å². The smallest absolute Gasteiger partial charge is 0.262 e. The van der Waals surface area contributed by atoms with Crippen molar-refractivity contribution in [1.82, 2.24) is 9.80 Å². The van der Waals surface area contributed by atoms with Gasteiger partial charge in [0.15, 0.2) is 0 Å². The number of fused-ring (bicyclic) bond motifs is 1. The number of nitrogens with zero attached hydrogens (tertiary/aromatic N) is 2. The normalized spacial score (nSPS) is 18.1. The van der Waals surface area contributed by atoms with Gasteiger partial charge in [0.1, 0.15) is 0 Å². The number of imide groups is 1. The Balaban J connectivity index is 1.18. The lowest BCUT2D eigenvalue weighted by atomic mass is 9.89. The van der Waals surface area contributed by atoms with Crippen molar-refractivity contribution in [2.45, 2.75) is 38.0 Å². The van der Waals surface area contributed by atoms with Gasteiger partial charge in [-0.2, -0.15) is 0 Å². The van der Waals surface area contributed by atoms with Gasteiger partial charge < -0.3 is 10.2 Å². The third kappa shape index (κ3) is 4.90. The van der Waals surface area contributed by atoms with Crippen LogP contribution in [0.3, 0.4) is 0 Å². The molecule has 1 N–H and O–H groups in total. The number of para-hydroxylation sites is 1. The number of nitrogens with one attached hydrogen (secondary N) is 1. The van der Waals surface area contributed by atoms with Crippen molar-refractivity contribution in [3.05, 3.63) is 65.7 Å². The third-order valence-corrected chi connectivity index (χ3v) is 6.35. The van der Waals surface area contributed by atoms with E-state index in [1.165, 1.54) is 23.3 Å². The lowest BCUT2D eigenvalue weighted by Gasteiger charge is -2.32. The molecule has 1 saturated heterocycles. The summed E-state index contributed by atoms with van der Waals surface area (Å²) in [6, 6.07) is 18.2. The van der Waals surface area contributed by atoms with Crippen molar-refractivity contribution in [1.29, 1.82) is 0 Å². The molecule has 30 heavy (non-hydrogen) atoms. The fraction of sp³-hybridized carbons (Fsp3) is 0.440. The van der Waals surface area contributed by atoms with E-state index in [2.05, 4.69) is 40.5 Å². The molecule has 5 heteroatoms. The highest BCUT2D eigenvalue weighted by molar-refractivity contribution is 6.10. The van der Waals surface area contributed by atoms with Crippen LogP contribution in [0.4, 0.5) is 5.69 Å². The van der Waals surface area contributed by atoms with Crippen LogP contribution >= 0.6 is 0 Å². The number of carbonyl (C=O) groups excluding carboxylic acids is 2. The number of piperidine rings is 1. The van der Waals surface area contributed by atoms with Gasteiger partial charge in [-0.05, 0) is 68.9 Å². The lowest BCUT2D eigenvalue weighted by molar-refractivity contribution is -0.126. The molecular formula is C25H31N3O2. The topological polar surface area (TPSA) is 52.7 Å². The number of benzene rings is 2. The van der Waals surface area contributed by atoms with E-state index < -0.39 is 0 Å². The maximum Gasteiger partial charge on any atom is 0.262 e. The zero-order chi connectivity index (χ0) is 20.8. The number of rotatable bonds is 7. The fourth-order valence-electron chi connectivity index (χ4n) is 4.57. The number of amides is 2. The summed E-state index contributed by atoms with van der Waals surface area (Å²) in [5.41, 5.74) is 2.81. The fourth-order valence-corrected chi connectivity index (χ4v) is 4.57. The molecule has 5 nitrogen and oxygen atoms in total. The zero-order valence-corrected chi connectivity index (χ0v) is 17.6. The minimum absolute atomic E-state index is 0.140. The third-order valence-electron chi connectivity index (χ3n) is 6.35. The number of hydrogen-bond acceptors (Lipinski definition) is 4. The maximum atomic E-state index is 12.8. The first-order chi connectivity index (χ1) is 14.7. The molecule has 0 radical (unpaired) electrons. The van der Waals surface area contributed by atoms with Crippen LogP contribution < -0.4 is 5.32 Å². The molecule has 2 heterocycles. The van der Waals surface area contributed by atoms with Gasteiger partial charge in [-0.15, -0.1) is 0 Å². The Bertz CT molecular complexity index is 860. The molecule has 0 saturated carbocycles. The molecule has 2 amide bonds. The van der Waals surface area contributed by atoms with Crippen molar-refractivity contribution in [2.75, 3.05) is 38.0 Å². The Morgan fingerprint density at radius 3 is 2.33 bits per heavy atom. The van der Waals surface area contributed by atoms with Crippen LogP contribution in [0.5, 0.6) is 0 Å². The summed E-state index contributed by atoms with van der Waals surface area (Å²) in [4.78, 5) is 29.1. The van der Waals surface area contributed by atoms with Crippen molar-refractivity contribution in [2.24, 2.45) is 0 Å². The van der Waals surface area contributed by atoms with Crippen molar-refractivity contribution in [3.63, 3.8) is 0 Å². The van der Waals surface area contributed by atoms with E-state index in [1.807, 2.05) is 18.2 Å². The highest BCUT2D eigenvalue weighted by Crippen LogP contribution is 2.28. The van der Waals surface area contributed by atoms with Gasteiger partial charge >= 0.3 is 0 Å². The standard InChI is InChI=1S/C25H31N3O2/c29-24-19-26-23-12-6-5-11-22(23)25(30)28(24)16-8-2-7-15-27-17-13-21(14-18-27)20-9-3-1-4-10-20/h1,3-6,9-12,21,26H,2,7-8,13-19H2. The van der Waals surface area contributed by atoms with Gasteiger partial charge in [0.2, 0.25) is 5.91 Å². The van der Waals surface area contributed by atoms with Crippen LogP contribution in [0, 0.1) is 0 Å². The molecule has 0 spiro atoms. The van der Waals surface area contributed by atoms with Gasteiger partial charge in [-0.3, -0.25) is 14.5 Å². The Hall–Kier alpha value is -2.66.